The maximum absolute atomic E-state index is 11.0. The van der Waals surface area contributed by atoms with Crippen LogP contribution in [-0.4, -0.2) is 22.6 Å². The Morgan fingerprint density at radius 3 is 2.59 bits per heavy atom. The molecule has 1 aromatic carbocycles. The Morgan fingerprint density at radius 1 is 1.26 bits per heavy atom. The second-order valence-corrected chi connectivity index (χ2v) is 7.27. The van der Waals surface area contributed by atoms with Gasteiger partial charge in [0, 0.05) is 17.5 Å². The van der Waals surface area contributed by atoms with Crippen molar-refractivity contribution in [1.29, 1.82) is 0 Å². The molecule has 0 spiro atoms. The smallest absolute Gasteiger partial charge is 0.305 e. The number of benzene rings is 1. The molecular weight excluding hydrogens is 384 g/mol. The van der Waals surface area contributed by atoms with E-state index >= 15 is 0 Å². The van der Waals surface area contributed by atoms with E-state index in [9.17, 15) is 4.79 Å². The fourth-order valence-corrected chi connectivity index (χ4v) is 3.51. The van der Waals surface area contributed by atoms with Crippen molar-refractivity contribution in [3.05, 3.63) is 59.4 Å². The summed E-state index contributed by atoms with van der Waals surface area (Å²) in [6.07, 6.45) is 1.67. The first kappa shape index (κ1) is 21.0. The normalized spacial score (nSPS) is 10.6. The minimum atomic E-state index is -0.824. The van der Waals surface area contributed by atoms with Crippen molar-refractivity contribution >= 4 is 34.8 Å². The first-order chi connectivity index (χ1) is 12.5. The molecule has 5 nitrogen and oxygen atoms in total. The summed E-state index contributed by atoms with van der Waals surface area (Å²) in [5.41, 5.74) is 3.26. The van der Waals surface area contributed by atoms with Crippen LogP contribution in [0.3, 0.4) is 0 Å². The molecule has 0 unspecified atom stereocenters. The van der Waals surface area contributed by atoms with Crippen molar-refractivity contribution in [1.82, 2.24) is 4.98 Å². The van der Waals surface area contributed by atoms with Crippen molar-refractivity contribution < 1.29 is 14.3 Å². The summed E-state index contributed by atoms with van der Waals surface area (Å²) >= 11 is 1.52. The van der Waals surface area contributed by atoms with Gasteiger partial charge in [0.25, 0.3) is 0 Å². The van der Waals surface area contributed by atoms with E-state index in [1.807, 2.05) is 22.4 Å². The Morgan fingerprint density at radius 2 is 2.00 bits per heavy atom. The van der Waals surface area contributed by atoms with E-state index in [0.717, 1.165) is 22.1 Å². The molecule has 0 bridgehead atoms. The minimum absolute atomic E-state index is 0. The quantitative estimate of drug-likeness (QED) is 0.540. The monoisotopic (exact) mass is 406 g/mol. The Hall–Kier alpha value is -2.31. The van der Waals surface area contributed by atoms with Gasteiger partial charge in [0.2, 0.25) is 0 Å². The average Bonchev–Trinajstić information content (AvgIpc) is 3.30. The third-order valence-corrected chi connectivity index (χ3v) is 5.06. The standard InChI is InChI=1S/C20H22N2O3S.ClH/c1-14(2)15-5-7-16(8-6-15)18-13-26-20(21-18)22(10-9-19(23)24)12-17-4-3-11-25-17;/h3-8,11,13-14H,9-10,12H2,1-2H3,(H,23,24);1H. The lowest BCUT2D eigenvalue weighted by Crippen LogP contribution is -2.25. The van der Waals surface area contributed by atoms with Crippen LogP contribution < -0.4 is 4.90 Å². The lowest BCUT2D eigenvalue weighted by atomic mass is 10.0. The first-order valence-electron chi connectivity index (χ1n) is 8.58. The molecule has 7 heteroatoms. The maximum Gasteiger partial charge on any atom is 0.305 e. The Kier molecular flexibility index (Phi) is 7.45. The van der Waals surface area contributed by atoms with Crippen molar-refractivity contribution in [2.24, 2.45) is 0 Å². The van der Waals surface area contributed by atoms with Crippen LogP contribution in [0.5, 0.6) is 0 Å². The summed E-state index contributed by atoms with van der Waals surface area (Å²) in [5.74, 6) is 0.457. The van der Waals surface area contributed by atoms with Crippen LogP contribution in [0.25, 0.3) is 11.3 Å². The minimum Gasteiger partial charge on any atom is -0.481 e. The van der Waals surface area contributed by atoms with Gasteiger partial charge in [-0.3, -0.25) is 4.79 Å². The summed E-state index contributed by atoms with van der Waals surface area (Å²) in [5, 5.41) is 11.8. The third kappa shape index (κ3) is 5.58. The molecule has 0 aliphatic heterocycles. The van der Waals surface area contributed by atoms with Crippen molar-refractivity contribution in [3.63, 3.8) is 0 Å². The van der Waals surface area contributed by atoms with E-state index in [1.54, 1.807) is 6.26 Å². The molecule has 0 amide bonds. The molecule has 0 fully saturated rings. The number of hydrogen-bond donors (Lipinski definition) is 1. The Bertz CT molecular complexity index is 845. The van der Waals surface area contributed by atoms with E-state index in [1.165, 1.54) is 16.9 Å². The molecule has 27 heavy (non-hydrogen) atoms. The molecule has 2 heterocycles. The summed E-state index contributed by atoms with van der Waals surface area (Å²) in [6.45, 7) is 5.23. The molecular formula is C20H23ClN2O3S. The lowest BCUT2D eigenvalue weighted by molar-refractivity contribution is -0.136. The highest BCUT2D eigenvalue weighted by Crippen LogP contribution is 2.29. The van der Waals surface area contributed by atoms with Crippen LogP contribution in [0.2, 0.25) is 0 Å². The number of carboxylic acid groups (broad SMARTS) is 1. The molecule has 0 radical (unpaired) electrons. The fraction of sp³-hybridized carbons (Fsp3) is 0.300. The second kappa shape index (κ2) is 9.58. The number of carboxylic acids is 1. The van der Waals surface area contributed by atoms with Gasteiger partial charge in [-0.1, -0.05) is 38.1 Å². The van der Waals surface area contributed by atoms with E-state index in [0.29, 0.717) is 19.0 Å². The lowest BCUT2D eigenvalue weighted by Gasteiger charge is -2.19. The van der Waals surface area contributed by atoms with Crippen molar-refractivity contribution in [2.45, 2.75) is 32.7 Å². The summed E-state index contributed by atoms with van der Waals surface area (Å²) in [4.78, 5) is 17.7. The summed E-state index contributed by atoms with van der Waals surface area (Å²) in [6, 6.07) is 12.1. The highest BCUT2D eigenvalue weighted by Gasteiger charge is 2.15. The fourth-order valence-electron chi connectivity index (χ4n) is 2.64. The number of carbonyl (C=O) groups is 1. The van der Waals surface area contributed by atoms with Gasteiger partial charge in [-0.15, -0.1) is 23.7 Å². The second-order valence-electron chi connectivity index (χ2n) is 6.44. The van der Waals surface area contributed by atoms with Crippen LogP contribution in [0.4, 0.5) is 5.13 Å². The van der Waals surface area contributed by atoms with Crippen LogP contribution in [-0.2, 0) is 11.3 Å². The average molecular weight is 407 g/mol. The van der Waals surface area contributed by atoms with Gasteiger partial charge in [0.05, 0.1) is 24.9 Å². The number of halogens is 1. The molecule has 2 aromatic heterocycles. The van der Waals surface area contributed by atoms with Crippen LogP contribution in [0.1, 0.15) is 37.5 Å². The molecule has 3 rings (SSSR count). The number of thiazole rings is 1. The molecule has 0 atom stereocenters. The molecule has 0 aliphatic rings. The van der Waals surface area contributed by atoms with Gasteiger partial charge in [-0.2, -0.15) is 0 Å². The molecule has 144 valence electrons. The highest BCUT2D eigenvalue weighted by molar-refractivity contribution is 7.14. The summed E-state index contributed by atoms with van der Waals surface area (Å²) < 4.78 is 5.41. The molecule has 0 aliphatic carbocycles. The summed E-state index contributed by atoms with van der Waals surface area (Å²) in [7, 11) is 0. The number of furan rings is 1. The Balaban J connectivity index is 0.00000261. The SMILES string of the molecule is CC(C)c1ccc(-c2csc(N(CCC(=O)O)Cc3ccco3)n2)cc1.Cl. The van der Waals surface area contributed by atoms with Gasteiger partial charge in [0.15, 0.2) is 5.13 Å². The third-order valence-electron chi connectivity index (χ3n) is 4.16. The van der Waals surface area contributed by atoms with Crippen LogP contribution in [0.15, 0.2) is 52.5 Å². The van der Waals surface area contributed by atoms with E-state index < -0.39 is 5.97 Å². The predicted molar refractivity (Wildman–Crippen MR) is 111 cm³/mol. The first-order valence-corrected chi connectivity index (χ1v) is 9.46. The number of anilines is 1. The van der Waals surface area contributed by atoms with Gasteiger partial charge in [-0.05, 0) is 23.6 Å². The number of hydrogen-bond acceptors (Lipinski definition) is 5. The van der Waals surface area contributed by atoms with Crippen molar-refractivity contribution in [2.75, 3.05) is 11.4 Å². The zero-order valence-corrected chi connectivity index (χ0v) is 16.9. The molecule has 3 aromatic rings. The number of rotatable bonds is 8. The van der Waals surface area contributed by atoms with Gasteiger partial charge in [-0.25, -0.2) is 4.98 Å². The number of aromatic nitrogens is 1. The van der Waals surface area contributed by atoms with Crippen LogP contribution in [0, 0.1) is 0 Å². The topological polar surface area (TPSA) is 66.6 Å². The van der Waals surface area contributed by atoms with Gasteiger partial charge in [0.1, 0.15) is 5.76 Å². The predicted octanol–water partition coefficient (Wildman–Crippen LogP) is 5.43. The number of aliphatic carboxylic acids is 1. The van der Waals surface area contributed by atoms with Crippen molar-refractivity contribution in [3.8, 4) is 11.3 Å². The Labute approximate surface area is 169 Å². The molecule has 0 saturated carbocycles. The van der Waals surface area contributed by atoms with E-state index in [4.69, 9.17) is 14.5 Å². The highest BCUT2D eigenvalue weighted by atomic mass is 35.5. The van der Waals surface area contributed by atoms with Gasteiger partial charge < -0.3 is 14.4 Å². The molecule has 1 N–H and O–H groups in total. The largest absolute Gasteiger partial charge is 0.481 e. The van der Waals surface area contributed by atoms with Gasteiger partial charge >= 0.3 is 5.97 Å². The van der Waals surface area contributed by atoms with E-state index in [2.05, 4.69) is 38.1 Å². The van der Waals surface area contributed by atoms with E-state index in [-0.39, 0.29) is 18.8 Å². The van der Waals surface area contributed by atoms with Crippen LogP contribution >= 0.6 is 23.7 Å². The molecule has 0 saturated heterocycles. The zero-order valence-electron chi connectivity index (χ0n) is 15.3. The number of nitrogens with zero attached hydrogens (tertiary/aromatic N) is 2. The zero-order chi connectivity index (χ0) is 18.5. The maximum atomic E-state index is 11.0.